The fourth-order valence-electron chi connectivity index (χ4n) is 2.54. The molecule has 1 atom stereocenters. The molecule has 28 heavy (non-hydrogen) atoms. The number of unbranched alkanes of at least 4 members (excludes halogenated alkanes) is 1. The predicted molar refractivity (Wildman–Crippen MR) is 97.4 cm³/mol. The minimum atomic E-state index is -0.961. The molecule has 8 heteroatoms. The normalized spacial score (nSPS) is 11.7. The van der Waals surface area contributed by atoms with Crippen LogP contribution in [0.2, 0.25) is 0 Å². The van der Waals surface area contributed by atoms with E-state index in [0.29, 0.717) is 19.4 Å². The second kappa shape index (κ2) is 10.5. The third kappa shape index (κ3) is 6.09. The smallest absolute Gasteiger partial charge is 0.251 e. The van der Waals surface area contributed by atoms with Crippen molar-refractivity contribution in [3.8, 4) is 5.75 Å². The number of nitrogens with one attached hydrogen (secondary N) is 1. The third-order valence-corrected chi connectivity index (χ3v) is 4.01. The summed E-state index contributed by atoms with van der Waals surface area (Å²) in [4.78, 5) is 24.8. The zero-order valence-electron chi connectivity index (χ0n) is 15.1. The number of hydrogen-bond acceptors (Lipinski definition) is 4. The average Bonchev–Trinajstić information content (AvgIpc) is 2.66. The van der Waals surface area contributed by atoms with Crippen LogP contribution in [0.5, 0.6) is 5.75 Å². The molecule has 1 amide bonds. The monoisotopic (exact) mass is 394 g/mol. The minimum absolute atomic E-state index is 0.0534. The highest BCUT2D eigenvalue weighted by Crippen LogP contribution is 2.21. The molecule has 0 aliphatic carbocycles. The number of para-hydroxylation sites is 1. The molecular weight excluding hydrogens is 373 g/mol. The van der Waals surface area contributed by atoms with Gasteiger partial charge in [0.15, 0.2) is 23.2 Å². The topological polar surface area (TPSA) is 81.4 Å². The first-order valence-electron chi connectivity index (χ1n) is 8.78. The van der Waals surface area contributed by atoms with Crippen LogP contribution in [-0.2, 0) is 4.79 Å². The summed E-state index contributed by atoms with van der Waals surface area (Å²) in [7, 11) is 0. The highest BCUT2D eigenvalue weighted by molar-refractivity contribution is 5.98. The van der Waals surface area contributed by atoms with Crippen molar-refractivity contribution in [3.63, 3.8) is 0 Å². The predicted octanol–water partition coefficient (Wildman–Crippen LogP) is 2.98. The SMILES string of the molecule is NCCCC[C@H](NC(=O)c1cccc(F)c1)C(=O)COc1c(F)cccc1F. The summed E-state index contributed by atoms with van der Waals surface area (Å²) in [6.45, 7) is -0.218. The first-order valence-corrected chi connectivity index (χ1v) is 8.78. The van der Waals surface area contributed by atoms with Gasteiger partial charge in [-0.05, 0) is 56.1 Å². The standard InChI is InChI=1S/C20H21F3N2O3/c21-14-6-3-5-13(11-14)20(27)25-17(9-1-2-10-24)18(26)12-28-19-15(22)7-4-8-16(19)23/h3-8,11,17H,1-2,9-10,12,24H2,(H,25,27)/t17-/m0/s1. The van der Waals surface area contributed by atoms with E-state index in [1.54, 1.807) is 0 Å². The van der Waals surface area contributed by atoms with Gasteiger partial charge in [0.25, 0.3) is 5.91 Å². The molecule has 0 bridgehead atoms. The summed E-state index contributed by atoms with van der Waals surface area (Å²) >= 11 is 0. The van der Waals surface area contributed by atoms with Crippen LogP contribution in [0.4, 0.5) is 13.2 Å². The summed E-state index contributed by atoms with van der Waals surface area (Å²) in [6.07, 6.45) is 1.44. The molecule has 0 fully saturated rings. The Hall–Kier alpha value is -2.87. The molecule has 0 saturated heterocycles. The number of amides is 1. The number of carbonyl (C=O) groups is 2. The Labute approximate surface area is 160 Å². The molecule has 0 heterocycles. The van der Waals surface area contributed by atoms with E-state index in [4.69, 9.17) is 10.5 Å². The van der Waals surface area contributed by atoms with E-state index in [9.17, 15) is 22.8 Å². The average molecular weight is 394 g/mol. The molecule has 0 aromatic heterocycles. The van der Waals surface area contributed by atoms with Gasteiger partial charge in [0.05, 0.1) is 6.04 Å². The lowest BCUT2D eigenvalue weighted by Crippen LogP contribution is -2.43. The highest BCUT2D eigenvalue weighted by atomic mass is 19.1. The molecule has 0 radical (unpaired) electrons. The number of Topliss-reactive ketones (excluding diaryl/α,β-unsaturated/α-hetero) is 1. The number of carbonyl (C=O) groups excluding carboxylic acids is 2. The number of rotatable bonds is 10. The van der Waals surface area contributed by atoms with Crippen LogP contribution in [0.1, 0.15) is 29.6 Å². The van der Waals surface area contributed by atoms with Gasteiger partial charge < -0.3 is 15.8 Å². The van der Waals surface area contributed by atoms with Crippen molar-refractivity contribution in [2.45, 2.75) is 25.3 Å². The van der Waals surface area contributed by atoms with Gasteiger partial charge in [0.1, 0.15) is 12.4 Å². The number of halogens is 3. The molecular formula is C20H21F3N2O3. The second-order valence-corrected chi connectivity index (χ2v) is 6.13. The van der Waals surface area contributed by atoms with Crippen LogP contribution in [0.25, 0.3) is 0 Å². The third-order valence-electron chi connectivity index (χ3n) is 4.01. The summed E-state index contributed by atoms with van der Waals surface area (Å²) in [5, 5.41) is 2.52. The van der Waals surface area contributed by atoms with Gasteiger partial charge in [-0.1, -0.05) is 12.1 Å². The molecule has 2 aromatic carbocycles. The Morgan fingerprint density at radius 2 is 1.71 bits per heavy atom. The van der Waals surface area contributed by atoms with E-state index >= 15 is 0 Å². The maximum atomic E-state index is 13.6. The van der Waals surface area contributed by atoms with Crippen molar-refractivity contribution < 1.29 is 27.5 Å². The van der Waals surface area contributed by atoms with Crippen molar-refractivity contribution >= 4 is 11.7 Å². The summed E-state index contributed by atoms with van der Waals surface area (Å²) in [6, 6.07) is 7.25. The van der Waals surface area contributed by atoms with Crippen molar-refractivity contribution in [2.75, 3.05) is 13.2 Å². The van der Waals surface area contributed by atoms with Crippen molar-refractivity contribution in [1.29, 1.82) is 0 Å². The Kier molecular flexibility index (Phi) is 8.01. The van der Waals surface area contributed by atoms with Crippen LogP contribution in [0.3, 0.4) is 0 Å². The largest absolute Gasteiger partial charge is 0.480 e. The number of ether oxygens (including phenoxy) is 1. The first kappa shape index (κ1) is 21.4. The lowest BCUT2D eigenvalue weighted by molar-refractivity contribution is -0.123. The number of hydrogen-bond donors (Lipinski definition) is 2. The number of nitrogens with two attached hydrogens (primary N) is 1. The van der Waals surface area contributed by atoms with E-state index < -0.39 is 47.5 Å². The molecule has 5 nitrogen and oxygen atoms in total. The fraction of sp³-hybridized carbons (Fsp3) is 0.300. The van der Waals surface area contributed by atoms with Gasteiger partial charge in [-0.3, -0.25) is 9.59 Å². The van der Waals surface area contributed by atoms with Crippen LogP contribution in [-0.4, -0.2) is 30.9 Å². The molecule has 2 rings (SSSR count). The second-order valence-electron chi connectivity index (χ2n) is 6.13. The minimum Gasteiger partial charge on any atom is -0.480 e. The highest BCUT2D eigenvalue weighted by Gasteiger charge is 2.23. The van der Waals surface area contributed by atoms with Gasteiger partial charge in [-0.25, -0.2) is 13.2 Å². The van der Waals surface area contributed by atoms with Crippen molar-refractivity contribution in [2.24, 2.45) is 5.73 Å². The van der Waals surface area contributed by atoms with E-state index in [0.717, 1.165) is 18.2 Å². The maximum Gasteiger partial charge on any atom is 0.251 e. The molecule has 0 aliphatic heterocycles. The molecule has 3 N–H and O–H groups in total. The summed E-state index contributed by atoms with van der Waals surface area (Å²) < 4.78 is 45.5. The van der Waals surface area contributed by atoms with Crippen LogP contribution in [0.15, 0.2) is 42.5 Å². The Bertz CT molecular complexity index is 810. The summed E-state index contributed by atoms with van der Waals surface area (Å²) in [5.74, 6) is -4.32. The van der Waals surface area contributed by atoms with E-state index in [2.05, 4.69) is 5.32 Å². The van der Waals surface area contributed by atoms with E-state index in [1.807, 2.05) is 0 Å². The lowest BCUT2D eigenvalue weighted by Gasteiger charge is -2.18. The molecule has 0 unspecified atom stereocenters. The van der Waals surface area contributed by atoms with Crippen LogP contribution < -0.4 is 15.8 Å². The van der Waals surface area contributed by atoms with Gasteiger partial charge >= 0.3 is 0 Å². The quantitative estimate of drug-likeness (QED) is 0.607. The zero-order chi connectivity index (χ0) is 20.5. The van der Waals surface area contributed by atoms with Gasteiger partial charge in [0.2, 0.25) is 0 Å². The van der Waals surface area contributed by atoms with Crippen molar-refractivity contribution in [3.05, 3.63) is 65.5 Å². The molecule has 0 saturated carbocycles. The Morgan fingerprint density at radius 1 is 1.04 bits per heavy atom. The fourth-order valence-corrected chi connectivity index (χ4v) is 2.54. The van der Waals surface area contributed by atoms with Crippen LogP contribution >= 0.6 is 0 Å². The summed E-state index contributed by atoms with van der Waals surface area (Å²) in [5.41, 5.74) is 5.50. The Balaban J connectivity index is 2.06. The van der Waals surface area contributed by atoms with Gasteiger partial charge in [0, 0.05) is 5.56 Å². The lowest BCUT2D eigenvalue weighted by atomic mass is 10.0. The van der Waals surface area contributed by atoms with Crippen LogP contribution in [0, 0.1) is 17.5 Å². The van der Waals surface area contributed by atoms with E-state index in [-0.39, 0.29) is 12.0 Å². The molecule has 0 spiro atoms. The maximum absolute atomic E-state index is 13.6. The van der Waals surface area contributed by atoms with E-state index in [1.165, 1.54) is 24.3 Å². The Morgan fingerprint density at radius 3 is 2.36 bits per heavy atom. The van der Waals surface area contributed by atoms with Crippen molar-refractivity contribution in [1.82, 2.24) is 5.32 Å². The van der Waals surface area contributed by atoms with Gasteiger partial charge in [-0.15, -0.1) is 0 Å². The number of ketones is 1. The molecule has 0 aliphatic rings. The first-order chi connectivity index (χ1) is 13.4. The van der Waals surface area contributed by atoms with Gasteiger partial charge in [-0.2, -0.15) is 0 Å². The molecule has 2 aromatic rings. The number of benzene rings is 2. The zero-order valence-corrected chi connectivity index (χ0v) is 15.1. The molecule has 150 valence electrons.